The first kappa shape index (κ1) is 25.7. The summed E-state index contributed by atoms with van der Waals surface area (Å²) in [4.78, 5) is 35.0. The van der Waals surface area contributed by atoms with Gasteiger partial charge in [-0.25, -0.2) is 14.8 Å². The average Bonchev–Trinajstić information content (AvgIpc) is 2.88. The van der Waals surface area contributed by atoms with Gasteiger partial charge < -0.3 is 25.4 Å². The van der Waals surface area contributed by atoms with Gasteiger partial charge in [-0.1, -0.05) is 11.8 Å². The summed E-state index contributed by atoms with van der Waals surface area (Å²) in [6.45, 7) is 5.22. The van der Waals surface area contributed by atoms with Crippen LogP contribution in [0, 0.1) is 6.92 Å². The van der Waals surface area contributed by atoms with Gasteiger partial charge in [-0.3, -0.25) is 4.79 Å². The number of aliphatic carboxylic acids is 1. The number of ether oxygens (including phenoxy) is 1. The summed E-state index contributed by atoms with van der Waals surface area (Å²) < 4.78 is 5.35. The lowest BCUT2D eigenvalue weighted by molar-refractivity contribution is -0.131. The van der Waals surface area contributed by atoms with Gasteiger partial charge in [-0.05, 0) is 71.4 Å². The van der Waals surface area contributed by atoms with Crippen LogP contribution in [0.15, 0.2) is 75.2 Å². The van der Waals surface area contributed by atoms with E-state index in [-0.39, 0.29) is 4.48 Å². The Morgan fingerprint density at radius 1 is 1.08 bits per heavy atom. The van der Waals surface area contributed by atoms with Crippen LogP contribution < -0.4 is 15.5 Å². The van der Waals surface area contributed by atoms with E-state index in [1.165, 1.54) is 11.8 Å². The molecule has 2 aromatic carbocycles. The van der Waals surface area contributed by atoms with Gasteiger partial charge in [0.1, 0.15) is 5.03 Å². The minimum atomic E-state index is -1.21. The summed E-state index contributed by atoms with van der Waals surface area (Å²) in [5.74, 6) is -1.25. The Morgan fingerprint density at radius 2 is 1.75 bits per heavy atom. The van der Waals surface area contributed by atoms with E-state index < -0.39 is 11.9 Å². The number of carbonyl (C=O) groups is 2. The second-order valence-electron chi connectivity index (χ2n) is 7.86. The summed E-state index contributed by atoms with van der Waals surface area (Å²) in [7, 11) is 0. The lowest BCUT2D eigenvalue weighted by atomic mass is 10.2. The molecule has 1 saturated heterocycles. The van der Waals surface area contributed by atoms with Gasteiger partial charge >= 0.3 is 5.97 Å². The van der Waals surface area contributed by atoms with E-state index in [0.29, 0.717) is 11.6 Å². The highest BCUT2D eigenvalue weighted by atomic mass is 79.9. The molecule has 2 heterocycles. The molecular formula is C25H24BrN5O4S. The third-order valence-corrected chi connectivity index (χ3v) is 6.92. The molecule has 1 aliphatic heterocycles. The third-order valence-electron chi connectivity index (χ3n) is 5.22. The predicted octanol–water partition coefficient (Wildman–Crippen LogP) is 4.82. The Balaban J connectivity index is 1.39. The molecule has 9 nitrogen and oxygen atoms in total. The smallest absolute Gasteiger partial charge is 0.329 e. The van der Waals surface area contributed by atoms with Crippen molar-refractivity contribution in [3.05, 3.63) is 70.8 Å². The van der Waals surface area contributed by atoms with Crippen LogP contribution in [0.4, 0.5) is 23.0 Å². The number of halogens is 1. The normalized spacial score (nSPS) is 13.8. The van der Waals surface area contributed by atoms with Crippen LogP contribution in [0.2, 0.25) is 0 Å². The van der Waals surface area contributed by atoms with Crippen LogP contribution >= 0.6 is 27.7 Å². The Morgan fingerprint density at radius 3 is 2.42 bits per heavy atom. The Bertz CT molecular complexity index is 1260. The quantitative estimate of drug-likeness (QED) is 0.259. The van der Waals surface area contributed by atoms with Crippen LogP contribution in [0.1, 0.15) is 5.56 Å². The lowest BCUT2D eigenvalue weighted by Gasteiger charge is -2.28. The SMILES string of the molecule is Cc1cnc(Nc2ccc(N3CCOCC3)cc2)nc1Sc1ccc(NC(=O)/C(Br)=C\C(=O)O)cc1. The summed E-state index contributed by atoms with van der Waals surface area (Å²) in [5, 5.41) is 15.5. The Hall–Kier alpha value is -3.41. The highest BCUT2D eigenvalue weighted by Crippen LogP contribution is 2.30. The second kappa shape index (κ2) is 12.0. The molecule has 0 bridgehead atoms. The number of amides is 1. The van der Waals surface area contributed by atoms with Gasteiger partial charge in [0.05, 0.1) is 17.7 Å². The molecule has 0 spiro atoms. The summed E-state index contributed by atoms with van der Waals surface area (Å²) >= 11 is 4.44. The number of hydrogen-bond donors (Lipinski definition) is 3. The number of anilines is 4. The summed E-state index contributed by atoms with van der Waals surface area (Å²) in [6, 6.07) is 15.4. The number of morpholine rings is 1. The molecule has 0 saturated carbocycles. The maximum absolute atomic E-state index is 12.0. The maximum Gasteiger partial charge on any atom is 0.329 e. The monoisotopic (exact) mass is 569 g/mol. The number of rotatable bonds is 8. The molecule has 11 heteroatoms. The van der Waals surface area contributed by atoms with E-state index in [9.17, 15) is 9.59 Å². The number of nitrogens with one attached hydrogen (secondary N) is 2. The van der Waals surface area contributed by atoms with Gasteiger partial charge in [0, 0.05) is 52.9 Å². The number of aryl methyl sites for hydroxylation is 1. The molecule has 1 fully saturated rings. The maximum atomic E-state index is 12.0. The van der Waals surface area contributed by atoms with Crippen molar-refractivity contribution in [3.63, 3.8) is 0 Å². The van der Waals surface area contributed by atoms with E-state index in [2.05, 4.69) is 53.6 Å². The number of carboxylic acid groups (broad SMARTS) is 1. The number of aromatic nitrogens is 2. The first-order valence-electron chi connectivity index (χ1n) is 11.1. The molecule has 3 N–H and O–H groups in total. The highest BCUT2D eigenvalue weighted by Gasteiger charge is 2.12. The first-order chi connectivity index (χ1) is 17.4. The second-order valence-corrected chi connectivity index (χ2v) is 9.78. The minimum absolute atomic E-state index is 0.0687. The zero-order valence-corrected chi connectivity index (χ0v) is 21.8. The van der Waals surface area contributed by atoms with Gasteiger partial charge in [0.25, 0.3) is 5.91 Å². The van der Waals surface area contributed by atoms with Crippen molar-refractivity contribution >= 4 is 62.6 Å². The molecule has 0 radical (unpaired) electrons. The molecule has 36 heavy (non-hydrogen) atoms. The van der Waals surface area contributed by atoms with Gasteiger partial charge in [0.15, 0.2) is 0 Å². The van der Waals surface area contributed by atoms with Crippen LogP contribution in [0.5, 0.6) is 0 Å². The largest absolute Gasteiger partial charge is 0.478 e. The number of benzene rings is 2. The van der Waals surface area contributed by atoms with E-state index in [4.69, 9.17) is 9.84 Å². The summed E-state index contributed by atoms with van der Waals surface area (Å²) in [6.07, 6.45) is 2.57. The molecule has 1 aromatic heterocycles. The predicted molar refractivity (Wildman–Crippen MR) is 143 cm³/mol. The van der Waals surface area contributed by atoms with Crippen LogP contribution in [-0.2, 0) is 14.3 Å². The van der Waals surface area contributed by atoms with Crippen LogP contribution in [0.25, 0.3) is 0 Å². The zero-order valence-electron chi connectivity index (χ0n) is 19.4. The zero-order chi connectivity index (χ0) is 25.5. The third kappa shape index (κ3) is 7.06. The van der Waals surface area contributed by atoms with Gasteiger partial charge in [-0.15, -0.1) is 0 Å². The fourth-order valence-corrected chi connectivity index (χ4v) is 4.52. The summed E-state index contributed by atoms with van der Waals surface area (Å²) in [5.41, 5.74) is 3.54. The van der Waals surface area contributed by atoms with Crippen molar-refractivity contribution in [2.75, 3.05) is 41.8 Å². The van der Waals surface area contributed by atoms with E-state index >= 15 is 0 Å². The van der Waals surface area contributed by atoms with Crippen molar-refractivity contribution in [2.45, 2.75) is 16.8 Å². The number of carboxylic acids is 1. The van der Waals surface area contributed by atoms with E-state index in [0.717, 1.165) is 59.2 Å². The molecule has 1 amide bonds. The van der Waals surface area contributed by atoms with Crippen LogP contribution in [0.3, 0.4) is 0 Å². The molecule has 1 aliphatic rings. The molecule has 0 aliphatic carbocycles. The number of carbonyl (C=O) groups excluding carboxylic acids is 1. The number of nitrogens with zero attached hydrogens (tertiary/aromatic N) is 3. The molecule has 3 aromatic rings. The molecular weight excluding hydrogens is 546 g/mol. The van der Waals surface area contributed by atoms with Crippen LogP contribution in [-0.4, -0.2) is 53.3 Å². The Labute approximate surface area is 221 Å². The first-order valence-corrected chi connectivity index (χ1v) is 12.7. The van der Waals surface area contributed by atoms with Gasteiger partial charge in [0.2, 0.25) is 5.95 Å². The van der Waals surface area contributed by atoms with Crippen molar-refractivity contribution in [1.29, 1.82) is 0 Å². The van der Waals surface area contributed by atoms with Crippen molar-refractivity contribution in [1.82, 2.24) is 9.97 Å². The molecule has 4 rings (SSSR count). The molecule has 0 unspecified atom stereocenters. The standard InChI is InChI=1S/C25H24BrN5O4S/c1-16-15-27-25(29-18-2-6-19(7-3-18)31-10-12-35-13-11-31)30-24(16)36-20-8-4-17(5-9-20)28-23(34)21(26)14-22(32)33/h2-9,14-15H,10-13H2,1H3,(H,28,34)(H,32,33)(H,27,29,30)/b21-14+. The fraction of sp³-hybridized carbons (Fsp3) is 0.200. The van der Waals surface area contributed by atoms with Gasteiger partial charge in [-0.2, -0.15) is 0 Å². The number of hydrogen-bond acceptors (Lipinski definition) is 8. The van der Waals surface area contributed by atoms with Crippen molar-refractivity contribution in [2.24, 2.45) is 0 Å². The highest BCUT2D eigenvalue weighted by molar-refractivity contribution is 9.12. The van der Waals surface area contributed by atoms with Crippen molar-refractivity contribution in [3.8, 4) is 0 Å². The fourth-order valence-electron chi connectivity index (χ4n) is 3.38. The van der Waals surface area contributed by atoms with Crippen molar-refractivity contribution < 1.29 is 19.4 Å². The average molecular weight is 570 g/mol. The molecule has 0 atom stereocenters. The Kier molecular flexibility index (Phi) is 8.57. The minimum Gasteiger partial charge on any atom is -0.478 e. The lowest BCUT2D eigenvalue weighted by Crippen LogP contribution is -2.36. The van der Waals surface area contributed by atoms with E-state index in [1.54, 1.807) is 18.3 Å². The van der Waals surface area contributed by atoms with E-state index in [1.807, 2.05) is 31.2 Å². The molecule has 186 valence electrons. The topological polar surface area (TPSA) is 117 Å².